The van der Waals surface area contributed by atoms with Crippen molar-refractivity contribution in [1.29, 1.82) is 5.26 Å². The minimum atomic E-state index is -0.849. The molecule has 1 N–H and O–H groups in total. The van der Waals surface area contributed by atoms with Crippen LogP contribution < -0.4 is 5.32 Å². The molecule has 1 aliphatic heterocycles. The zero-order chi connectivity index (χ0) is 14.4. The molecular weight excluding hydrogens is 252 g/mol. The minimum absolute atomic E-state index is 0.0674. The van der Waals surface area contributed by atoms with E-state index >= 15 is 0 Å². The Labute approximate surface area is 121 Å². The van der Waals surface area contributed by atoms with Crippen molar-refractivity contribution in [3.8, 4) is 6.07 Å². The molecule has 0 radical (unpaired) electrons. The summed E-state index contributed by atoms with van der Waals surface area (Å²) >= 11 is 0. The first-order valence-corrected chi connectivity index (χ1v) is 8.00. The van der Waals surface area contributed by atoms with Gasteiger partial charge in [-0.05, 0) is 44.4 Å². The SMILES string of the molecule is CCCC1CCC(NC(=O)C2(C#N)CCOCC2)CC1. The summed E-state index contributed by atoms with van der Waals surface area (Å²) in [4.78, 5) is 12.4. The lowest BCUT2D eigenvalue weighted by atomic mass is 9.79. The standard InChI is InChI=1S/C16H26N2O2/c1-2-3-13-4-6-14(7-5-13)18-15(19)16(12-17)8-10-20-11-9-16/h13-14H,2-11H2,1H3,(H,18,19). The fraction of sp³-hybridized carbons (Fsp3) is 0.875. The van der Waals surface area contributed by atoms with Gasteiger partial charge in [0.2, 0.25) is 5.91 Å². The number of hydrogen-bond acceptors (Lipinski definition) is 3. The van der Waals surface area contributed by atoms with E-state index in [9.17, 15) is 10.1 Å². The first-order chi connectivity index (χ1) is 9.70. The highest BCUT2D eigenvalue weighted by Gasteiger charge is 2.41. The Bertz CT molecular complexity index is 361. The molecule has 0 bridgehead atoms. The zero-order valence-electron chi connectivity index (χ0n) is 12.5. The smallest absolute Gasteiger partial charge is 0.240 e. The summed E-state index contributed by atoms with van der Waals surface area (Å²) < 4.78 is 5.28. The number of amides is 1. The van der Waals surface area contributed by atoms with Crippen LogP contribution in [0.25, 0.3) is 0 Å². The van der Waals surface area contributed by atoms with E-state index in [1.807, 2.05) is 0 Å². The second kappa shape index (κ2) is 7.08. The topological polar surface area (TPSA) is 62.1 Å². The fourth-order valence-electron chi connectivity index (χ4n) is 3.44. The van der Waals surface area contributed by atoms with E-state index in [-0.39, 0.29) is 11.9 Å². The van der Waals surface area contributed by atoms with E-state index in [1.54, 1.807) is 0 Å². The van der Waals surface area contributed by atoms with E-state index in [1.165, 1.54) is 25.7 Å². The Balaban J connectivity index is 1.84. The molecule has 0 atom stereocenters. The highest BCUT2D eigenvalue weighted by Crippen LogP contribution is 2.32. The molecule has 0 aromatic heterocycles. The van der Waals surface area contributed by atoms with Crippen LogP contribution in [0.15, 0.2) is 0 Å². The molecule has 20 heavy (non-hydrogen) atoms. The first kappa shape index (κ1) is 15.3. The van der Waals surface area contributed by atoms with Crippen molar-refractivity contribution in [2.24, 2.45) is 11.3 Å². The third-order valence-corrected chi connectivity index (χ3v) is 4.87. The van der Waals surface area contributed by atoms with Crippen molar-refractivity contribution in [2.45, 2.75) is 64.3 Å². The van der Waals surface area contributed by atoms with E-state index < -0.39 is 5.41 Å². The highest BCUT2D eigenvalue weighted by atomic mass is 16.5. The van der Waals surface area contributed by atoms with Crippen LogP contribution in [0.3, 0.4) is 0 Å². The highest BCUT2D eigenvalue weighted by molar-refractivity contribution is 5.85. The lowest BCUT2D eigenvalue weighted by molar-refractivity contribution is -0.133. The van der Waals surface area contributed by atoms with Gasteiger partial charge in [-0.25, -0.2) is 0 Å². The number of nitrogens with zero attached hydrogens (tertiary/aromatic N) is 1. The Hall–Kier alpha value is -1.08. The lowest BCUT2D eigenvalue weighted by Crippen LogP contribution is -2.48. The van der Waals surface area contributed by atoms with Gasteiger partial charge in [-0.3, -0.25) is 4.79 Å². The van der Waals surface area contributed by atoms with Crippen molar-refractivity contribution in [1.82, 2.24) is 5.32 Å². The molecule has 1 heterocycles. The van der Waals surface area contributed by atoms with Crippen molar-refractivity contribution in [2.75, 3.05) is 13.2 Å². The van der Waals surface area contributed by atoms with E-state index in [2.05, 4.69) is 18.3 Å². The van der Waals surface area contributed by atoms with Crippen molar-refractivity contribution in [3.63, 3.8) is 0 Å². The predicted molar refractivity (Wildman–Crippen MR) is 76.9 cm³/mol. The van der Waals surface area contributed by atoms with Crippen LogP contribution >= 0.6 is 0 Å². The van der Waals surface area contributed by atoms with Gasteiger partial charge in [-0.2, -0.15) is 5.26 Å². The molecular formula is C16H26N2O2. The van der Waals surface area contributed by atoms with Crippen LogP contribution in [0.2, 0.25) is 0 Å². The average molecular weight is 278 g/mol. The van der Waals surface area contributed by atoms with Gasteiger partial charge >= 0.3 is 0 Å². The van der Waals surface area contributed by atoms with E-state index in [0.29, 0.717) is 26.1 Å². The average Bonchev–Trinajstić information content (AvgIpc) is 2.50. The summed E-state index contributed by atoms with van der Waals surface area (Å²) in [6.07, 6.45) is 8.16. The summed E-state index contributed by atoms with van der Waals surface area (Å²) in [6.45, 7) is 3.27. The minimum Gasteiger partial charge on any atom is -0.381 e. The van der Waals surface area contributed by atoms with E-state index in [0.717, 1.165) is 18.8 Å². The molecule has 0 aromatic carbocycles. The molecule has 1 saturated heterocycles. The van der Waals surface area contributed by atoms with Gasteiger partial charge in [0.1, 0.15) is 5.41 Å². The quantitative estimate of drug-likeness (QED) is 0.860. The third kappa shape index (κ3) is 3.52. The maximum absolute atomic E-state index is 12.4. The molecule has 1 aliphatic carbocycles. The largest absolute Gasteiger partial charge is 0.381 e. The Morgan fingerprint density at radius 2 is 1.95 bits per heavy atom. The molecule has 2 fully saturated rings. The summed E-state index contributed by atoms with van der Waals surface area (Å²) in [5.74, 6) is 0.767. The molecule has 2 aliphatic rings. The molecule has 4 nitrogen and oxygen atoms in total. The van der Waals surface area contributed by atoms with Crippen LogP contribution in [0.1, 0.15) is 58.3 Å². The number of nitriles is 1. The second-order valence-electron chi connectivity index (χ2n) is 6.29. The normalized spacial score (nSPS) is 29.4. The lowest BCUT2D eigenvalue weighted by Gasteiger charge is -2.34. The summed E-state index contributed by atoms with van der Waals surface area (Å²) in [6, 6.07) is 2.51. The van der Waals surface area contributed by atoms with Crippen LogP contribution in [-0.2, 0) is 9.53 Å². The number of rotatable bonds is 4. The van der Waals surface area contributed by atoms with Gasteiger partial charge in [0.25, 0.3) is 0 Å². The van der Waals surface area contributed by atoms with Crippen LogP contribution in [-0.4, -0.2) is 25.2 Å². The number of carbonyl (C=O) groups excluding carboxylic acids is 1. The van der Waals surface area contributed by atoms with Crippen molar-refractivity contribution >= 4 is 5.91 Å². The van der Waals surface area contributed by atoms with Crippen LogP contribution in [0.5, 0.6) is 0 Å². The molecule has 0 unspecified atom stereocenters. The van der Waals surface area contributed by atoms with Crippen molar-refractivity contribution < 1.29 is 9.53 Å². The van der Waals surface area contributed by atoms with Gasteiger partial charge < -0.3 is 10.1 Å². The first-order valence-electron chi connectivity index (χ1n) is 8.00. The summed E-state index contributed by atoms with van der Waals surface area (Å²) in [7, 11) is 0. The molecule has 0 aromatic rings. The Morgan fingerprint density at radius 3 is 2.50 bits per heavy atom. The maximum Gasteiger partial charge on any atom is 0.240 e. The monoisotopic (exact) mass is 278 g/mol. The molecule has 2 rings (SSSR count). The molecule has 1 saturated carbocycles. The van der Waals surface area contributed by atoms with Gasteiger partial charge in [-0.15, -0.1) is 0 Å². The maximum atomic E-state index is 12.4. The summed E-state index contributed by atoms with van der Waals surface area (Å²) in [5.41, 5.74) is -0.849. The predicted octanol–water partition coefficient (Wildman–Crippen LogP) is 2.78. The molecule has 4 heteroatoms. The number of ether oxygens (including phenoxy) is 1. The molecule has 0 spiro atoms. The van der Waals surface area contributed by atoms with E-state index in [4.69, 9.17) is 4.74 Å². The van der Waals surface area contributed by atoms with Crippen molar-refractivity contribution in [3.05, 3.63) is 0 Å². The summed E-state index contributed by atoms with van der Waals surface area (Å²) in [5, 5.41) is 12.5. The zero-order valence-corrected chi connectivity index (χ0v) is 12.5. The molecule has 1 amide bonds. The number of nitrogens with one attached hydrogen (secondary N) is 1. The van der Waals surface area contributed by atoms with Gasteiger partial charge in [0.15, 0.2) is 0 Å². The molecule has 112 valence electrons. The van der Waals surface area contributed by atoms with Gasteiger partial charge in [0.05, 0.1) is 6.07 Å². The fourth-order valence-corrected chi connectivity index (χ4v) is 3.44. The van der Waals surface area contributed by atoms with Crippen LogP contribution in [0, 0.1) is 22.7 Å². The third-order valence-electron chi connectivity index (χ3n) is 4.87. The number of carbonyl (C=O) groups is 1. The Kier molecular flexibility index (Phi) is 5.42. The van der Waals surface area contributed by atoms with Crippen LogP contribution in [0.4, 0.5) is 0 Å². The second-order valence-corrected chi connectivity index (χ2v) is 6.29. The number of hydrogen-bond donors (Lipinski definition) is 1. The van der Waals surface area contributed by atoms with Gasteiger partial charge in [-0.1, -0.05) is 19.8 Å². The van der Waals surface area contributed by atoms with Gasteiger partial charge in [0, 0.05) is 19.3 Å². The Morgan fingerprint density at radius 1 is 1.30 bits per heavy atom.